The fourth-order valence-electron chi connectivity index (χ4n) is 7.39. The zero-order valence-electron chi connectivity index (χ0n) is 30.8. The Hall–Kier alpha value is -5.83. The highest BCUT2D eigenvalue weighted by Gasteiger charge is 2.40. The Kier molecular flexibility index (Phi) is 10.7. The number of pyridine rings is 1. The van der Waals surface area contributed by atoms with Gasteiger partial charge < -0.3 is 15.5 Å². The number of aryl methyl sites for hydroxylation is 1. The van der Waals surface area contributed by atoms with Crippen molar-refractivity contribution in [2.45, 2.75) is 45.4 Å². The van der Waals surface area contributed by atoms with E-state index in [0.717, 1.165) is 82.9 Å². The minimum absolute atomic E-state index is 0.173. The number of imide groups is 1. The first-order valence-electron chi connectivity index (χ1n) is 18.6. The molecular weight excluding hydrogens is 774 g/mol. The molecule has 14 heteroatoms. The molecule has 3 N–H and O–H groups in total. The molecule has 284 valence electrons. The van der Waals surface area contributed by atoms with Crippen molar-refractivity contribution in [2.75, 3.05) is 36.8 Å². The summed E-state index contributed by atoms with van der Waals surface area (Å²) in [6, 6.07) is 22.3. The summed E-state index contributed by atoms with van der Waals surface area (Å²) in [7, 11) is 0. The molecule has 0 radical (unpaired) electrons. The summed E-state index contributed by atoms with van der Waals surface area (Å²) < 4.78 is 0.904. The molecule has 2 saturated heterocycles. The van der Waals surface area contributed by atoms with E-state index < -0.39 is 11.9 Å². The van der Waals surface area contributed by atoms with Crippen molar-refractivity contribution in [3.8, 4) is 11.3 Å². The molecule has 0 bridgehead atoms. The number of benzene rings is 3. The highest BCUT2D eigenvalue weighted by atomic mass is 79.9. The first-order chi connectivity index (χ1) is 27.2. The third-order valence-electron chi connectivity index (χ3n) is 10.6. The molecule has 4 amide bonds. The summed E-state index contributed by atoms with van der Waals surface area (Å²) in [4.78, 5) is 70.2. The second-order valence-electron chi connectivity index (χ2n) is 14.3. The lowest BCUT2D eigenvalue weighted by atomic mass is 10.0. The molecule has 0 aliphatic carbocycles. The van der Waals surface area contributed by atoms with E-state index in [9.17, 15) is 19.2 Å². The van der Waals surface area contributed by atoms with E-state index in [1.165, 1.54) is 0 Å². The van der Waals surface area contributed by atoms with Gasteiger partial charge in [-0.3, -0.25) is 39.3 Å². The lowest BCUT2D eigenvalue weighted by Gasteiger charge is -2.35. The van der Waals surface area contributed by atoms with Crippen LogP contribution in [-0.2, 0) is 29.2 Å². The van der Waals surface area contributed by atoms with E-state index in [4.69, 9.17) is 0 Å². The van der Waals surface area contributed by atoms with Gasteiger partial charge in [-0.15, -0.1) is 0 Å². The number of aromatic nitrogens is 3. The minimum atomic E-state index is -0.634. The molecule has 8 rings (SSSR count). The van der Waals surface area contributed by atoms with Gasteiger partial charge in [-0.05, 0) is 84.1 Å². The van der Waals surface area contributed by atoms with Crippen molar-refractivity contribution in [3.05, 3.63) is 129 Å². The van der Waals surface area contributed by atoms with Crippen LogP contribution in [0, 0.1) is 6.92 Å². The zero-order valence-corrected chi connectivity index (χ0v) is 32.4. The SMILES string of the molecule is Cc1ccc(NC(=O)c2ccc(CN3CCN(Cc4ccc5c(c4Br)CN(C4CCC(=O)NC4=O)C5=O)CC3)cc2)cc1Nc1nccc(-c2cccnc2)n1. The van der Waals surface area contributed by atoms with E-state index in [1.54, 1.807) is 23.5 Å². The normalized spacial score (nSPS) is 17.4. The number of rotatable bonds is 10. The molecule has 1 atom stereocenters. The molecule has 5 aromatic rings. The Labute approximate surface area is 332 Å². The number of halogens is 1. The van der Waals surface area contributed by atoms with Crippen LogP contribution >= 0.6 is 15.9 Å². The van der Waals surface area contributed by atoms with Gasteiger partial charge >= 0.3 is 0 Å². The molecule has 1 unspecified atom stereocenters. The predicted molar refractivity (Wildman–Crippen MR) is 215 cm³/mol. The number of amides is 4. The number of hydrogen-bond acceptors (Lipinski definition) is 10. The molecule has 3 aliphatic heterocycles. The number of piperidine rings is 1. The summed E-state index contributed by atoms with van der Waals surface area (Å²) in [5.41, 5.74) is 8.38. The van der Waals surface area contributed by atoms with Gasteiger partial charge in [0.05, 0.1) is 5.69 Å². The van der Waals surface area contributed by atoms with Crippen molar-refractivity contribution >= 4 is 56.9 Å². The van der Waals surface area contributed by atoms with E-state index in [1.807, 2.05) is 79.7 Å². The van der Waals surface area contributed by atoms with E-state index >= 15 is 0 Å². The fraction of sp³-hybridized carbons (Fsp3) is 0.262. The van der Waals surface area contributed by atoms with Crippen LogP contribution in [0.15, 0.2) is 95.9 Å². The first kappa shape index (κ1) is 37.1. The van der Waals surface area contributed by atoms with Gasteiger partial charge in [0.1, 0.15) is 6.04 Å². The number of nitrogens with zero attached hydrogens (tertiary/aromatic N) is 6. The molecule has 3 aliphatic rings. The van der Waals surface area contributed by atoms with E-state index in [0.29, 0.717) is 35.7 Å². The third-order valence-corrected chi connectivity index (χ3v) is 11.6. The standard InChI is InChI=1S/C42H40BrN9O4/c1-26-4-10-31(21-35(26)48-42-45-16-14-34(47-42)29-3-2-15-44-22-29)46-39(54)28-7-5-27(6-8-28)23-50-17-19-51(20-18-50)24-30-9-11-32-33(38(30)43)25-52(41(32)56)36-12-13-37(53)49-40(36)55/h2-11,14-16,21-22,36H,12-13,17-20,23-25H2,1H3,(H,46,54)(H,45,47,48)(H,49,53,55). The molecule has 3 aromatic carbocycles. The lowest BCUT2D eigenvalue weighted by molar-refractivity contribution is -0.136. The Morgan fingerprint density at radius 3 is 2.46 bits per heavy atom. The number of carbonyl (C=O) groups is 4. The second kappa shape index (κ2) is 16.1. The number of nitrogens with one attached hydrogen (secondary N) is 3. The Bertz CT molecular complexity index is 2310. The highest BCUT2D eigenvalue weighted by Crippen LogP contribution is 2.35. The lowest BCUT2D eigenvalue weighted by Crippen LogP contribution is -2.52. The maximum absolute atomic E-state index is 13.2. The summed E-state index contributed by atoms with van der Waals surface area (Å²) in [6.07, 6.45) is 5.75. The van der Waals surface area contributed by atoms with Crippen molar-refractivity contribution in [1.82, 2.24) is 35.0 Å². The van der Waals surface area contributed by atoms with E-state index in [-0.39, 0.29) is 24.1 Å². The smallest absolute Gasteiger partial charge is 0.255 e. The van der Waals surface area contributed by atoms with Crippen LogP contribution in [0.1, 0.15) is 55.8 Å². The van der Waals surface area contributed by atoms with Crippen molar-refractivity contribution in [2.24, 2.45) is 0 Å². The third kappa shape index (κ3) is 8.08. The number of carbonyl (C=O) groups excluding carboxylic acids is 4. The Morgan fingerprint density at radius 1 is 0.929 bits per heavy atom. The molecule has 0 saturated carbocycles. The van der Waals surface area contributed by atoms with Crippen molar-refractivity contribution in [1.29, 1.82) is 0 Å². The first-order valence-corrected chi connectivity index (χ1v) is 19.4. The van der Waals surface area contributed by atoms with Gasteiger partial charge in [0, 0.05) is 103 Å². The molecule has 0 spiro atoms. The fourth-order valence-corrected chi connectivity index (χ4v) is 7.99. The second-order valence-corrected chi connectivity index (χ2v) is 15.1. The quantitative estimate of drug-likeness (QED) is 0.150. The van der Waals surface area contributed by atoms with Gasteiger partial charge in [-0.2, -0.15) is 0 Å². The molecular formula is C42H40BrN9O4. The average Bonchev–Trinajstić information content (AvgIpc) is 3.54. The molecule has 2 aromatic heterocycles. The zero-order chi connectivity index (χ0) is 38.8. The highest BCUT2D eigenvalue weighted by molar-refractivity contribution is 9.10. The predicted octanol–water partition coefficient (Wildman–Crippen LogP) is 5.68. The molecule has 56 heavy (non-hydrogen) atoms. The molecule has 13 nitrogen and oxygen atoms in total. The Morgan fingerprint density at radius 2 is 1.71 bits per heavy atom. The van der Waals surface area contributed by atoms with Crippen LogP contribution in [0.2, 0.25) is 0 Å². The van der Waals surface area contributed by atoms with Gasteiger partial charge in [-0.25, -0.2) is 9.97 Å². The van der Waals surface area contributed by atoms with Crippen molar-refractivity contribution < 1.29 is 19.2 Å². The average molecular weight is 815 g/mol. The van der Waals surface area contributed by atoms with Gasteiger partial charge in [0.15, 0.2) is 0 Å². The van der Waals surface area contributed by atoms with Crippen LogP contribution in [0.3, 0.4) is 0 Å². The number of fused-ring (bicyclic) bond motifs is 1. The summed E-state index contributed by atoms with van der Waals surface area (Å²) >= 11 is 3.77. The van der Waals surface area contributed by atoms with Crippen molar-refractivity contribution in [3.63, 3.8) is 0 Å². The summed E-state index contributed by atoms with van der Waals surface area (Å²) in [5.74, 6) is -0.621. The van der Waals surface area contributed by atoms with Gasteiger partial charge in [0.25, 0.3) is 11.8 Å². The number of anilines is 3. The maximum atomic E-state index is 13.2. The molecule has 2 fully saturated rings. The summed E-state index contributed by atoms with van der Waals surface area (Å²) in [6.45, 7) is 7.42. The summed E-state index contributed by atoms with van der Waals surface area (Å²) in [5, 5.41) is 8.67. The van der Waals surface area contributed by atoms with Gasteiger partial charge in [0.2, 0.25) is 17.8 Å². The largest absolute Gasteiger partial charge is 0.324 e. The minimum Gasteiger partial charge on any atom is -0.324 e. The maximum Gasteiger partial charge on any atom is 0.255 e. The number of hydrogen-bond donors (Lipinski definition) is 3. The van der Waals surface area contributed by atoms with E-state index in [2.05, 4.69) is 56.6 Å². The molecule has 5 heterocycles. The van der Waals surface area contributed by atoms with Crippen LogP contribution in [0.5, 0.6) is 0 Å². The van der Waals surface area contributed by atoms with Crippen LogP contribution in [0.25, 0.3) is 11.3 Å². The topological polar surface area (TPSA) is 153 Å². The monoisotopic (exact) mass is 813 g/mol. The van der Waals surface area contributed by atoms with Crippen LogP contribution in [-0.4, -0.2) is 85.5 Å². The van der Waals surface area contributed by atoms with Crippen LogP contribution in [0.4, 0.5) is 17.3 Å². The number of piperazine rings is 1. The Balaban J connectivity index is 0.825. The van der Waals surface area contributed by atoms with Crippen LogP contribution < -0.4 is 16.0 Å². The van der Waals surface area contributed by atoms with Gasteiger partial charge in [-0.1, -0.05) is 40.2 Å².